The molecule has 0 N–H and O–H groups in total. The van der Waals surface area contributed by atoms with Crippen LogP contribution >= 0.6 is 58.4 Å². The van der Waals surface area contributed by atoms with Crippen molar-refractivity contribution in [1.82, 2.24) is 0 Å². The van der Waals surface area contributed by atoms with Gasteiger partial charge in [0.25, 0.3) is 3.12 Å². The number of hydrogen-bond donors (Lipinski definition) is 0. The number of carbonyl (C=O) groups is 2. The third-order valence-electron chi connectivity index (χ3n) is 2.95. The molecule has 4 nitrogen and oxygen atoms in total. The van der Waals surface area contributed by atoms with E-state index in [1.807, 2.05) is 0 Å². The Morgan fingerprint density at radius 2 is 1.64 bits per heavy atom. The van der Waals surface area contributed by atoms with Crippen LogP contribution in [0.25, 0.3) is 0 Å². The Hall–Kier alpha value is -1.11. The van der Waals surface area contributed by atoms with Crippen LogP contribution in [-0.2, 0) is 4.74 Å². The molecule has 2 aromatic carbocycles. The molecule has 0 saturated heterocycles. The van der Waals surface area contributed by atoms with Gasteiger partial charge in [-0.2, -0.15) is 0 Å². The molecule has 0 spiro atoms. The Kier molecular flexibility index (Phi) is 6.88. The highest BCUT2D eigenvalue weighted by Gasteiger charge is 2.32. The minimum absolute atomic E-state index is 0.168. The van der Waals surface area contributed by atoms with Crippen LogP contribution in [0.1, 0.15) is 15.9 Å². The van der Waals surface area contributed by atoms with E-state index in [-0.39, 0.29) is 5.56 Å². The maximum absolute atomic E-state index is 12.5. The smallest absolute Gasteiger partial charge is 0.371 e. The number of aryl methyl sites for hydroxylation is 1. The molecule has 1 amide bonds. The Labute approximate surface area is 169 Å². The highest BCUT2D eigenvalue weighted by molar-refractivity contribution is 8.06. The van der Waals surface area contributed by atoms with E-state index in [0.717, 1.165) is 9.87 Å². The molecule has 132 valence electrons. The van der Waals surface area contributed by atoms with Crippen LogP contribution in [0.4, 0.5) is 10.5 Å². The van der Waals surface area contributed by atoms with Crippen LogP contribution in [0.15, 0.2) is 48.5 Å². The highest BCUT2D eigenvalue weighted by Crippen LogP contribution is 2.43. The Balaban J connectivity index is 2.25. The molecule has 0 aliphatic rings. The molecule has 0 aromatic heterocycles. The van der Waals surface area contributed by atoms with Gasteiger partial charge in [-0.3, -0.25) is 0 Å². The topological polar surface area (TPSA) is 46.6 Å². The van der Waals surface area contributed by atoms with Crippen molar-refractivity contribution in [1.29, 1.82) is 0 Å². The summed E-state index contributed by atoms with van der Waals surface area (Å²) < 4.78 is 4.10. The van der Waals surface area contributed by atoms with Crippen LogP contribution in [-0.4, -0.2) is 15.2 Å². The Morgan fingerprint density at radius 3 is 2.20 bits per heavy atom. The van der Waals surface area contributed by atoms with E-state index in [9.17, 15) is 9.59 Å². The monoisotopic (exact) mass is 437 g/mol. The average molecular weight is 439 g/mol. The van der Waals surface area contributed by atoms with Gasteiger partial charge in [0.2, 0.25) is 0 Å². The molecular formula is C16H11Cl4NO3S. The predicted molar refractivity (Wildman–Crippen MR) is 104 cm³/mol. The van der Waals surface area contributed by atoms with Crippen LogP contribution in [0, 0.1) is 6.92 Å². The average Bonchev–Trinajstić information content (AvgIpc) is 2.53. The summed E-state index contributed by atoms with van der Waals surface area (Å²) in [6, 6.07) is 12.8. The lowest BCUT2D eigenvalue weighted by atomic mass is 10.2. The zero-order valence-electron chi connectivity index (χ0n) is 12.7. The number of ether oxygens (including phenoxy) is 1. The number of carbonyl (C=O) groups excluding carboxylic acids is 2. The number of amides is 1. The van der Waals surface area contributed by atoms with Gasteiger partial charge in [-0.05, 0) is 42.8 Å². The summed E-state index contributed by atoms with van der Waals surface area (Å²) in [6.07, 6.45) is -0.981. The number of halogens is 4. The highest BCUT2D eigenvalue weighted by atomic mass is 35.6. The largest absolute Gasteiger partial charge is 0.432 e. The number of nitrogens with zero attached hydrogens (tertiary/aromatic N) is 1. The molecule has 0 saturated carbocycles. The van der Waals surface area contributed by atoms with Gasteiger partial charge < -0.3 is 4.74 Å². The first kappa shape index (κ1) is 20.2. The molecule has 0 atom stereocenters. The first-order valence-electron chi connectivity index (χ1n) is 6.81. The lowest BCUT2D eigenvalue weighted by Crippen LogP contribution is -2.30. The number of hydrogen-bond acceptors (Lipinski definition) is 4. The van der Waals surface area contributed by atoms with E-state index in [0.29, 0.717) is 22.7 Å². The molecule has 0 heterocycles. The first-order valence-corrected chi connectivity index (χ1v) is 9.09. The van der Waals surface area contributed by atoms with Gasteiger partial charge in [0.15, 0.2) is 0 Å². The summed E-state index contributed by atoms with van der Waals surface area (Å²) in [7, 11) is 0. The summed E-state index contributed by atoms with van der Waals surface area (Å²) in [6.45, 7) is 1.77. The van der Waals surface area contributed by atoms with Crippen molar-refractivity contribution < 1.29 is 14.3 Å². The lowest BCUT2D eigenvalue weighted by molar-refractivity contribution is 0.0640. The van der Waals surface area contributed by atoms with Gasteiger partial charge >= 0.3 is 12.1 Å². The second kappa shape index (κ2) is 8.52. The quantitative estimate of drug-likeness (QED) is 0.240. The molecule has 0 unspecified atom stereocenters. The second-order valence-corrected chi connectivity index (χ2v) is 9.33. The van der Waals surface area contributed by atoms with Gasteiger partial charge in [0.1, 0.15) is 0 Å². The van der Waals surface area contributed by atoms with Crippen molar-refractivity contribution in [3.05, 3.63) is 64.7 Å². The Morgan fingerprint density at radius 1 is 1.04 bits per heavy atom. The summed E-state index contributed by atoms with van der Waals surface area (Å²) in [5.41, 5.74) is 1.34. The third kappa shape index (κ3) is 5.97. The van der Waals surface area contributed by atoms with Gasteiger partial charge in [0, 0.05) is 17.0 Å². The number of alkyl halides is 3. The SMILES string of the molecule is Cc1ccccc1N(SC(Cl)(Cl)Cl)C(=O)OC(=O)c1ccc(Cl)cc1. The summed E-state index contributed by atoms with van der Waals surface area (Å²) >= 11 is 23.7. The zero-order chi connectivity index (χ0) is 18.6. The lowest BCUT2D eigenvalue weighted by Gasteiger charge is -2.24. The molecule has 0 bridgehead atoms. The van der Waals surface area contributed by atoms with Crippen molar-refractivity contribution in [3.63, 3.8) is 0 Å². The van der Waals surface area contributed by atoms with Crippen molar-refractivity contribution in [2.45, 2.75) is 10.0 Å². The van der Waals surface area contributed by atoms with Crippen molar-refractivity contribution >= 4 is 76.1 Å². The van der Waals surface area contributed by atoms with Crippen molar-refractivity contribution in [3.8, 4) is 0 Å². The zero-order valence-corrected chi connectivity index (χ0v) is 16.6. The van der Waals surface area contributed by atoms with Gasteiger partial charge in [-0.15, -0.1) is 0 Å². The number of rotatable bonds is 3. The van der Waals surface area contributed by atoms with E-state index in [1.54, 1.807) is 31.2 Å². The summed E-state index contributed by atoms with van der Waals surface area (Å²) in [5.74, 6) is -0.842. The van der Waals surface area contributed by atoms with E-state index in [1.165, 1.54) is 24.3 Å². The normalized spacial score (nSPS) is 11.1. The molecule has 9 heteroatoms. The van der Waals surface area contributed by atoms with Crippen LogP contribution in [0.3, 0.4) is 0 Å². The van der Waals surface area contributed by atoms with E-state index >= 15 is 0 Å². The van der Waals surface area contributed by atoms with Crippen molar-refractivity contribution in [2.24, 2.45) is 0 Å². The number of esters is 1. The van der Waals surface area contributed by atoms with E-state index in [4.69, 9.17) is 51.1 Å². The fraction of sp³-hybridized carbons (Fsp3) is 0.125. The van der Waals surface area contributed by atoms with Gasteiger partial charge in [0.05, 0.1) is 11.3 Å². The maximum atomic E-state index is 12.5. The van der Waals surface area contributed by atoms with Crippen LogP contribution < -0.4 is 4.31 Å². The molecule has 2 rings (SSSR count). The second-order valence-electron chi connectivity index (χ2n) is 4.78. The summed E-state index contributed by atoms with van der Waals surface area (Å²) in [4.78, 5) is 24.6. The molecule has 0 aliphatic carbocycles. The molecule has 2 aromatic rings. The number of benzene rings is 2. The van der Waals surface area contributed by atoms with E-state index < -0.39 is 15.2 Å². The fourth-order valence-corrected chi connectivity index (χ4v) is 3.21. The molecule has 0 fully saturated rings. The number of para-hydroxylation sites is 1. The van der Waals surface area contributed by atoms with Crippen LogP contribution in [0.5, 0.6) is 0 Å². The standard InChI is InChI=1S/C16H11Cl4NO3S/c1-10-4-2-3-5-13(10)21(25-16(18,19)20)15(23)24-14(22)11-6-8-12(17)9-7-11/h2-9H,1H3. The molecule has 25 heavy (non-hydrogen) atoms. The predicted octanol–water partition coefficient (Wildman–Crippen LogP) is 6.41. The minimum atomic E-state index is -1.83. The van der Waals surface area contributed by atoms with Crippen molar-refractivity contribution in [2.75, 3.05) is 4.31 Å². The Bertz CT molecular complexity index is 778. The first-order chi connectivity index (χ1) is 11.7. The molecular weight excluding hydrogens is 428 g/mol. The summed E-state index contributed by atoms with van der Waals surface area (Å²) in [5, 5.41) is 0.455. The van der Waals surface area contributed by atoms with Gasteiger partial charge in [-0.25, -0.2) is 13.9 Å². The van der Waals surface area contributed by atoms with E-state index in [2.05, 4.69) is 0 Å². The molecule has 0 aliphatic heterocycles. The maximum Gasteiger partial charge on any atom is 0.432 e. The number of anilines is 1. The minimum Gasteiger partial charge on any atom is -0.371 e. The van der Waals surface area contributed by atoms with Crippen LogP contribution in [0.2, 0.25) is 5.02 Å². The fourth-order valence-electron chi connectivity index (χ4n) is 1.85. The molecule has 0 radical (unpaired) electrons. The van der Waals surface area contributed by atoms with Gasteiger partial charge in [-0.1, -0.05) is 64.6 Å². The third-order valence-corrected chi connectivity index (χ3v) is 4.56.